The lowest BCUT2D eigenvalue weighted by Crippen LogP contribution is -2.07. The largest absolute Gasteiger partial charge is 0.0839 e. The van der Waals surface area contributed by atoms with E-state index in [0.29, 0.717) is 0 Å². The summed E-state index contributed by atoms with van der Waals surface area (Å²) in [6.07, 6.45) is 11.5. The Balaban J connectivity index is 2.02. The SMILES string of the molecule is CCC(C)C1CC2=C(CCC=C2)C1. The lowest BCUT2D eigenvalue weighted by molar-refractivity contribution is 0.361. The van der Waals surface area contributed by atoms with E-state index in [1.807, 2.05) is 0 Å². The van der Waals surface area contributed by atoms with Crippen molar-refractivity contribution in [2.24, 2.45) is 11.8 Å². The predicted octanol–water partition coefficient (Wildman–Crippen LogP) is 4.09. The topological polar surface area (TPSA) is 0 Å². The van der Waals surface area contributed by atoms with Crippen LogP contribution in [0.5, 0.6) is 0 Å². The van der Waals surface area contributed by atoms with Crippen LogP contribution in [0.15, 0.2) is 23.3 Å². The average molecular weight is 176 g/mol. The molecule has 2 aliphatic carbocycles. The summed E-state index contributed by atoms with van der Waals surface area (Å²) in [6.45, 7) is 4.73. The third-order valence-corrected chi connectivity index (χ3v) is 3.83. The Hall–Kier alpha value is -0.520. The Labute approximate surface area is 81.7 Å². The summed E-state index contributed by atoms with van der Waals surface area (Å²) in [7, 11) is 0. The summed E-state index contributed by atoms with van der Waals surface area (Å²) >= 11 is 0. The molecule has 0 heteroatoms. The molecule has 0 fully saturated rings. The highest BCUT2D eigenvalue weighted by Gasteiger charge is 2.26. The second kappa shape index (κ2) is 3.69. The van der Waals surface area contributed by atoms with Gasteiger partial charge in [-0.2, -0.15) is 0 Å². The zero-order valence-corrected chi connectivity index (χ0v) is 8.84. The summed E-state index contributed by atoms with van der Waals surface area (Å²) in [4.78, 5) is 0. The second-order valence-corrected chi connectivity index (χ2v) is 4.62. The molecule has 0 amide bonds. The number of hydrogen-bond acceptors (Lipinski definition) is 0. The van der Waals surface area contributed by atoms with Crippen LogP contribution in [0.4, 0.5) is 0 Å². The van der Waals surface area contributed by atoms with Gasteiger partial charge in [-0.15, -0.1) is 0 Å². The lowest BCUT2D eigenvalue weighted by atomic mass is 9.88. The summed E-state index contributed by atoms with van der Waals surface area (Å²) in [5.74, 6) is 1.87. The van der Waals surface area contributed by atoms with Gasteiger partial charge in [-0.25, -0.2) is 0 Å². The normalized spacial score (nSPS) is 29.2. The van der Waals surface area contributed by atoms with Crippen molar-refractivity contribution in [3.63, 3.8) is 0 Å². The van der Waals surface area contributed by atoms with E-state index in [9.17, 15) is 0 Å². The first-order chi connectivity index (χ1) is 6.31. The number of hydrogen-bond donors (Lipinski definition) is 0. The van der Waals surface area contributed by atoms with Gasteiger partial charge >= 0.3 is 0 Å². The van der Waals surface area contributed by atoms with Crippen molar-refractivity contribution in [2.75, 3.05) is 0 Å². The minimum atomic E-state index is 0.916. The van der Waals surface area contributed by atoms with Crippen LogP contribution in [-0.2, 0) is 0 Å². The predicted molar refractivity (Wildman–Crippen MR) is 57.6 cm³/mol. The minimum Gasteiger partial charge on any atom is -0.0839 e. The molecule has 72 valence electrons. The van der Waals surface area contributed by atoms with E-state index in [1.54, 1.807) is 11.1 Å². The summed E-state index contributed by atoms with van der Waals surface area (Å²) in [6, 6.07) is 0. The van der Waals surface area contributed by atoms with Crippen molar-refractivity contribution >= 4 is 0 Å². The maximum Gasteiger partial charge on any atom is -0.0245 e. The van der Waals surface area contributed by atoms with Gasteiger partial charge in [0.1, 0.15) is 0 Å². The smallest absolute Gasteiger partial charge is 0.0245 e. The molecule has 0 spiro atoms. The highest BCUT2D eigenvalue weighted by Crippen LogP contribution is 2.41. The summed E-state index contributed by atoms with van der Waals surface area (Å²) in [5.41, 5.74) is 3.45. The zero-order valence-electron chi connectivity index (χ0n) is 8.84. The molecule has 2 aliphatic rings. The molecule has 2 unspecified atom stereocenters. The lowest BCUT2D eigenvalue weighted by Gasteiger charge is -2.17. The Morgan fingerprint density at radius 1 is 1.46 bits per heavy atom. The van der Waals surface area contributed by atoms with Crippen molar-refractivity contribution < 1.29 is 0 Å². The molecule has 2 atom stereocenters. The fourth-order valence-electron chi connectivity index (χ4n) is 2.61. The van der Waals surface area contributed by atoms with Gasteiger partial charge < -0.3 is 0 Å². The van der Waals surface area contributed by atoms with Crippen LogP contribution >= 0.6 is 0 Å². The van der Waals surface area contributed by atoms with Gasteiger partial charge in [-0.05, 0) is 43.1 Å². The van der Waals surface area contributed by atoms with Gasteiger partial charge in [-0.1, -0.05) is 38.0 Å². The number of allylic oxidation sites excluding steroid dienone is 4. The van der Waals surface area contributed by atoms with Crippen LogP contribution in [0.25, 0.3) is 0 Å². The molecule has 0 nitrogen and oxygen atoms in total. The standard InChI is InChI=1S/C13H20/c1-3-10(2)13-8-11-6-4-5-7-12(11)9-13/h4,6,10,13H,3,5,7-9H2,1-2H3. The van der Waals surface area contributed by atoms with E-state index in [1.165, 1.54) is 32.1 Å². The van der Waals surface area contributed by atoms with Crippen LogP contribution in [0.3, 0.4) is 0 Å². The van der Waals surface area contributed by atoms with E-state index in [0.717, 1.165) is 11.8 Å². The number of rotatable bonds is 2. The first-order valence-corrected chi connectivity index (χ1v) is 5.68. The maximum atomic E-state index is 2.41. The van der Waals surface area contributed by atoms with Crippen LogP contribution in [0.1, 0.15) is 46.0 Å². The molecular formula is C13H20. The third kappa shape index (κ3) is 1.72. The van der Waals surface area contributed by atoms with E-state index >= 15 is 0 Å². The van der Waals surface area contributed by atoms with Crippen molar-refractivity contribution in [3.8, 4) is 0 Å². The molecule has 2 rings (SSSR count). The molecule has 13 heavy (non-hydrogen) atoms. The molecular weight excluding hydrogens is 156 g/mol. The molecule has 0 bridgehead atoms. The molecule has 0 aromatic carbocycles. The van der Waals surface area contributed by atoms with Gasteiger partial charge in [0, 0.05) is 0 Å². The molecule has 0 heterocycles. The van der Waals surface area contributed by atoms with Gasteiger partial charge in [-0.3, -0.25) is 0 Å². The zero-order chi connectivity index (χ0) is 9.26. The van der Waals surface area contributed by atoms with Crippen LogP contribution in [-0.4, -0.2) is 0 Å². The third-order valence-electron chi connectivity index (χ3n) is 3.83. The molecule has 0 aromatic heterocycles. The Morgan fingerprint density at radius 2 is 2.31 bits per heavy atom. The first kappa shape index (κ1) is 9.05. The first-order valence-electron chi connectivity index (χ1n) is 5.68. The van der Waals surface area contributed by atoms with E-state index in [-0.39, 0.29) is 0 Å². The van der Waals surface area contributed by atoms with Gasteiger partial charge in [0.25, 0.3) is 0 Å². The quantitative estimate of drug-likeness (QED) is 0.594. The Kier molecular flexibility index (Phi) is 2.57. The maximum absolute atomic E-state index is 2.41. The second-order valence-electron chi connectivity index (χ2n) is 4.62. The van der Waals surface area contributed by atoms with Crippen molar-refractivity contribution in [3.05, 3.63) is 23.3 Å². The van der Waals surface area contributed by atoms with Gasteiger partial charge in [0.05, 0.1) is 0 Å². The van der Waals surface area contributed by atoms with E-state index < -0.39 is 0 Å². The van der Waals surface area contributed by atoms with Crippen LogP contribution < -0.4 is 0 Å². The fraction of sp³-hybridized carbons (Fsp3) is 0.692. The van der Waals surface area contributed by atoms with E-state index in [4.69, 9.17) is 0 Å². The fourth-order valence-corrected chi connectivity index (χ4v) is 2.61. The van der Waals surface area contributed by atoms with Crippen LogP contribution in [0, 0.1) is 11.8 Å². The molecule has 0 saturated carbocycles. The monoisotopic (exact) mass is 176 g/mol. The Morgan fingerprint density at radius 3 is 3.00 bits per heavy atom. The molecule has 0 aromatic rings. The van der Waals surface area contributed by atoms with Crippen molar-refractivity contribution in [2.45, 2.75) is 46.0 Å². The summed E-state index contributed by atoms with van der Waals surface area (Å²) < 4.78 is 0. The van der Waals surface area contributed by atoms with Crippen molar-refractivity contribution in [1.82, 2.24) is 0 Å². The Bertz CT molecular complexity index is 245. The molecule has 0 saturated heterocycles. The average Bonchev–Trinajstić information content (AvgIpc) is 2.59. The molecule has 0 radical (unpaired) electrons. The van der Waals surface area contributed by atoms with Crippen LogP contribution in [0.2, 0.25) is 0 Å². The highest BCUT2D eigenvalue weighted by atomic mass is 14.3. The van der Waals surface area contributed by atoms with Gasteiger partial charge in [0.15, 0.2) is 0 Å². The van der Waals surface area contributed by atoms with E-state index in [2.05, 4.69) is 26.0 Å². The molecule has 0 N–H and O–H groups in total. The van der Waals surface area contributed by atoms with Gasteiger partial charge in [0.2, 0.25) is 0 Å². The van der Waals surface area contributed by atoms with Crippen molar-refractivity contribution in [1.29, 1.82) is 0 Å². The highest BCUT2D eigenvalue weighted by molar-refractivity contribution is 5.34. The molecule has 0 aliphatic heterocycles. The minimum absolute atomic E-state index is 0.916. The summed E-state index contributed by atoms with van der Waals surface area (Å²) in [5, 5.41) is 0.